The summed E-state index contributed by atoms with van der Waals surface area (Å²) in [6.07, 6.45) is 1.27. The van der Waals surface area contributed by atoms with Gasteiger partial charge in [-0.1, -0.05) is 48.9 Å². The van der Waals surface area contributed by atoms with E-state index < -0.39 is 37.1 Å². The van der Waals surface area contributed by atoms with Crippen LogP contribution < -0.4 is 10.2 Å². The Balaban J connectivity index is 1.46. The van der Waals surface area contributed by atoms with Crippen molar-refractivity contribution in [3.05, 3.63) is 75.2 Å². The molecule has 0 saturated carbocycles. The second-order valence-corrected chi connectivity index (χ2v) is 20.8. The number of hydrogen-bond donors (Lipinski definition) is 1. The van der Waals surface area contributed by atoms with Crippen LogP contribution in [0.25, 0.3) is 11.0 Å². The lowest BCUT2D eigenvalue weighted by molar-refractivity contribution is 0.0240. The van der Waals surface area contributed by atoms with E-state index in [-0.39, 0.29) is 24.5 Å². The van der Waals surface area contributed by atoms with Crippen molar-refractivity contribution in [2.75, 3.05) is 43.0 Å². The number of rotatable bonds is 10. The molecular weight excluding hydrogens is 703 g/mol. The molecule has 1 amide bonds. The maximum absolute atomic E-state index is 15.8. The highest BCUT2D eigenvalue weighted by molar-refractivity contribution is 6.76. The molecule has 3 heterocycles. The maximum Gasteiger partial charge on any atom is 0.410 e. The Labute approximate surface area is 301 Å². The van der Waals surface area contributed by atoms with E-state index in [0.717, 1.165) is 6.04 Å². The van der Waals surface area contributed by atoms with Crippen LogP contribution in [-0.2, 0) is 22.6 Å². The van der Waals surface area contributed by atoms with Gasteiger partial charge in [-0.3, -0.25) is 0 Å². The lowest BCUT2D eigenvalue weighted by Gasteiger charge is -2.36. The van der Waals surface area contributed by atoms with Gasteiger partial charge < -0.3 is 29.2 Å². The number of imidazole rings is 1. The zero-order valence-electron chi connectivity index (χ0n) is 29.0. The Kier molecular flexibility index (Phi) is 11.3. The van der Waals surface area contributed by atoms with Gasteiger partial charge in [0, 0.05) is 63.0 Å². The number of aromatic nitrogens is 3. The van der Waals surface area contributed by atoms with Crippen LogP contribution in [0.5, 0.6) is 0 Å². The second kappa shape index (κ2) is 15.1. The van der Waals surface area contributed by atoms with Crippen molar-refractivity contribution in [1.29, 1.82) is 5.26 Å². The molecule has 15 heteroatoms. The van der Waals surface area contributed by atoms with Crippen LogP contribution in [0, 0.1) is 23.0 Å². The molecule has 0 atom stereocenters. The zero-order chi connectivity index (χ0) is 36.4. The molecule has 50 heavy (non-hydrogen) atoms. The van der Waals surface area contributed by atoms with Gasteiger partial charge in [0.15, 0.2) is 17.5 Å². The summed E-state index contributed by atoms with van der Waals surface area (Å²) in [4.78, 5) is 25.1. The van der Waals surface area contributed by atoms with Crippen LogP contribution >= 0.6 is 23.2 Å². The molecule has 5 rings (SSSR count). The highest BCUT2D eigenvalue weighted by Crippen LogP contribution is 2.35. The number of piperazine rings is 1. The van der Waals surface area contributed by atoms with Gasteiger partial charge in [0.2, 0.25) is 0 Å². The van der Waals surface area contributed by atoms with Gasteiger partial charge in [0.05, 0.1) is 17.5 Å². The van der Waals surface area contributed by atoms with Crippen LogP contribution in [0.4, 0.5) is 30.8 Å². The van der Waals surface area contributed by atoms with E-state index in [2.05, 4.69) is 41.0 Å². The minimum absolute atomic E-state index is 0.0430. The van der Waals surface area contributed by atoms with E-state index >= 15 is 8.78 Å². The smallest absolute Gasteiger partial charge is 0.410 e. The number of fused-ring (bicyclic) bond motifs is 1. The van der Waals surface area contributed by atoms with Gasteiger partial charge in [0.25, 0.3) is 0 Å². The third-order valence-electron chi connectivity index (χ3n) is 8.14. The topological polar surface area (TPSA) is 109 Å². The fraction of sp³-hybridized carbons (Fsp3) is 0.429. The summed E-state index contributed by atoms with van der Waals surface area (Å²) in [5.41, 5.74) is 1.07. The van der Waals surface area contributed by atoms with Gasteiger partial charge in [-0.25, -0.2) is 23.5 Å². The largest absolute Gasteiger partial charge is 0.444 e. The van der Waals surface area contributed by atoms with Crippen LogP contribution in [0.1, 0.15) is 37.6 Å². The van der Waals surface area contributed by atoms with E-state index in [1.807, 2.05) is 0 Å². The minimum atomic E-state index is -1.35. The van der Waals surface area contributed by atoms with E-state index in [9.17, 15) is 10.1 Å². The Bertz CT molecular complexity index is 1890. The van der Waals surface area contributed by atoms with Gasteiger partial charge in [-0.2, -0.15) is 5.26 Å². The molecule has 1 fully saturated rings. The standard InChI is InChI=1S/C35H41Cl2F2N7O3Si/c1-35(2,3)49-34(47)45-12-10-44(11-13-45)22-16-27(38)30(28(39)17-22)43-33-24(19-40)32-31(41-20-46(32)21-48-14-15-50(4,5)6)29(42-33)18-23-25(36)8-7-9-26(23)37/h7-9,16-17,20H,10-15,18,21H2,1-6H3,(H,42,43). The third-order valence-corrected chi connectivity index (χ3v) is 10.6. The van der Waals surface area contributed by atoms with Crippen molar-refractivity contribution in [3.63, 3.8) is 0 Å². The molecule has 1 aliphatic rings. The Hall–Kier alpha value is -3.96. The predicted octanol–water partition coefficient (Wildman–Crippen LogP) is 8.59. The van der Waals surface area contributed by atoms with Crippen LogP contribution in [0.15, 0.2) is 36.7 Å². The number of carbonyl (C=O) groups is 1. The number of pyridine rings is 1. The highest BCUT2D eigenvalue weighted by Gasteiger charge is 2.28. The first-order chi connectivity index (χ1) is 23.5. The highest BCUT2D eigenvalue weighted by atomic mass is 35.5. The molecule has 10 nitrogen and oxygen atoms in total. The summed E-state index contributed by atoms with van der Waals surface area (Å²) >= 11 is 13.0. The molecule has 1 aliphatic heterocycles. The summed E-state index contributed by atoms with van der Waals surface area (Å²) < 4.78 is 44.7. The fourth-order valence-corrected chi connectivity index (χ4v) is 6.78. The zero-order valence-corrected chi connectivity index (χ0v) is 31.6. The molecule has 0 unspecified atom stereocenters. The molecule has 2 aromatic carbocycles. The second-order valence-electron chi connectivity index (χ2n) is 14.4. The quantitative estimate of drug-likeness (QED) is 0.127. The minimum Gasteiger partial charge on any atom is -0.444 e. The van der Waals surface area contributed by atoms with Gasteiger partial charge in [-0.05, 0) is 56.6 Å². The number of nitrogens with zero attached hydrogens (tertiary/aromatic N) is 6. The number of ether oxygens (including phenoxy) is 2. The molecule has 0 spiro atoms. The maximum atomic E-state index is 15.8. The number of nitriles is 1. The molecule has 2 aromatic heterocycles. The van der Waals surface area contributed by atoms with Crippen molar-refractivity contribution in [1.82, 2.24) is 19.4 Å². The first-order valence-corrected chi connectivity index (χ1v) is 20.8. The first kappa shape index (κ1) is 37.3. The van der Waals surface area contributed by atoms with Crippen molar-refractivity contribution in [2.45, 2.75) is 65.2 Å². The number of halogens is 4. The number of hydrogen-bond acceptors (Lipinski definition) is 8. The van der Waals surface area contributed by atoms with Gasteiger partial charge >= 0.3 is 6.09 Å². The summed E-state index contributed by atoms with van der Waals surface area (Å²) in [6, 6.07) is 10.7. The van der Waals surface area contributed by atoms with Gasteiger partial charge in [-0.15, -0.1) is 0 Å². The Morgan fingerprint density at radius 1 is 1.08 bits per heavy atom. The third kappa shape index (κ3) is 8.84. The summed E-state index contributed by atoms with van der Waals surface area (Å²) in [7, 11) is -1.35. The Morgan fingerprint density at radius 2 is 1.72 bits per heavy atom. The average Bonchev–Trinajstić information content (AvgIpc) is 3.45. The first-order valence-electron chi connectivity index (χ1n) is 16.3. The van der Waals surface area contributed by atoms with Crippen molar-refractivity contribution in [2.24, 2.45) is 0 Å². The average molecular weight is 745 g/mol. The van der Waals surface area contributed by atoms with Crippen molar-refractivity contribution < 1.29 is 23.0 Å². The number of anilines is 3. The molecule has 0 bridgehead atoms. The van der Waals surface area contributed by atoms with E-state index in [4.69, 9.17) is 32.7 Å². The molecule has 1 N–H and O–H groups in total. The van der Waals surface area contributed by atoms with E-state index in [1.54, 1.807) is 59.7 Å². The number of benzene rings is 2. The van der Waals surface area contributed by atoms with Gasteiger partial charge in [0.1, 0.15) is 35.2 Å². The normalized spacial score (nSPS) is 13.9. The molecule has 0 radical (unpaired) electrons. The molecule has 266 valence electrons. The predicted molar refractivity (Wildman–Crippen MR) is 195 cm³/mol. The lowest BCUT2D eigenvalue weighted by Crippen LogP contribution is -2.50. The Morgan fingerprint density at radius 3 is 2.30 bits per heavy atom. The van der Waals surface area contributed by atoms with Crippen LogP contribution in [0.2, 0.25) is 35.7 Å². The monoisotopic (exact) mass is 743 g/mol. The number of nitrogens with one attached hydrogen (secondary N) is 1. The summed E-state index contributed by atoms with van der Waals surface area (Å²) in [5.74, 6) is -1.81. The van der Waals surface area contributed by atoms with Crippen molar-refractivity contribution in [3.8, 4) is 6.07 Å². The molecule has 0 aliphatic carbocycles. The summed E-state index contributed by atoms with van der Waals surface area (Å²) in [6.45, 7) is 14.2. The van der Waals surface area contributed by atoms with E-state index in [1.165, 1.54) is 12.1 Å². The molecular formula is C35H41Cl2F2N7O3Si. The fourth-order valence-electron chi connectivity index (χ4n) is 5.49. The molecule has 1 saturated heterocycles. The summed E-state index contributed by atoms with van der Waals surface area (Å²) in [5, 5.41) is 14.0. The molecule has 4 aromatic rings. The number of amides is 1. The SMILES string of the molecule is CC(C)(C)OC(=O)N1CCN(c2cc(F)c(Nc3nc(Cc4c(Cl)cccc4Cl)c4ncn(COCC[Si](C)(C)C)c4c3C#N)c(F)c2)CC1. The number of carbonyl (C=O) groups excluding carboxylic acids is 1. The van der Waals surface area contributed by atoms with E-state index in [0.29, 0.717) is 70.8 Å². The van der Waals surface area contributed by atoms with Crippen LogP contribution in [0.3, 0.4) is 0 Å². The lowest BCUT2D eigenvalue weighted by atomic mass is 10.1. The van der Waals surface area contributed by atoms with Crippen LogP contribution in [-0.4, -0.2) is 72.0 Å². The van der Waals surface area contributed by atoms with Crippen molar-refractivity contribution >= 4 is 65.6 Å².